The highest BCUT2D eigenvalue weighted by Gasteiger charge is 2.41. The summed E-state index contributed by atoms with van der Waals surface area (Å²) in [6.07, 6.45) is 3.18. The molecule has 0 spiro atoms. The van der Waals surface area contributed by atoms with Crippen molar-refractivity contribution in [2.45, 2.75) is 71.0 Å². The lowest BCUT2D eigenvalue weighted by atomic mass is 9.87. The number of amides is 4. The predicted octanol–water partition coefficient (Wildman–Crippen LogP) is 2.59. The first-order chi connectivity index (χ1) is 17.5. The molecule has 2 fully saturated rings. The van der Waals surface area contributed by atoms with Crippen LogP contribution in [-0.4, -0.2) is 83.5 Å². The standard InChI is InChI=1S/C26H39N7O3S/c1-15(2)29-24(35)26(27)9-6-10-33(14-26)18-7-11-32(12-8-18)23(34)20-19-16(3)13-17(4)30-21(19)37-22(20)31-25(36)28-5/h13,15,18H,6-12,14,27H2,1-5H3,(H,29,35)(H2,28,31,36). The van der Waals surface area contributed by atoms with Gasteiger partial charge in [0.2, 0.25) is 5.91 Å². The second kappa shape index (κ2) is 10.9. The second-order valence-electron chi connectivity index (χ2n) is 10.7. The molecule has 202 valence electrons. The number of thiophene rings is 1. The molecule has 10 nitrogen and oxygen atoms in total. The Kier molecular flexibility index (Phi) is 8.05. The second-order valence-corrected chi connectivity index (χ2v) is 11.7. The molecule has 5 N–H and O–H groups in total. The number of hydrogen-bond donors (Lipinski definition) is 4. The van der Waals surface area contributed by atoms with Gasteiger partial charge in [-0.2, -0.15) is 0 Å². The summed E-state index contributed by atoms with van der Waals surface area (Å²) in [7, 11) is 1.55. The van der Waals surface area contributed by atoms with E-state index in [-0.39, 0.29) is 29.9 Å². The van der Waals surface area contributed by atoms with E-state index in [1.807, 2.05) is 38.7 Å². The molecule has 2 aliphatic heterocycles. The van der Waals surface area contributed by atoms with Crippen LogP contribution in [0.1, 0.15) is 61.1 Å². The number of fused-ring (bicyclic) bond motifs is 1. The quantitative estimate of drug-likeness (QED) is 0.471. The summed E-state index contributed by atoms with van der Waals surface area (Å²) in [5.74, 6) is -0.174. The topological polar surface area (TPSA) is 133 Å². The number of carbonyl (C=O) groups is 3. The zero-order valence-electron chi connectivity index (χ0n) is 22.4. The number of piperidine rings is 2. The van der Waals surface area contributed by atoms with Crippen LogP contribution in [0.3, 0.4) is 0 Å². The van der Waals surface area contributed by atoms with Crippen molar-refractivity contribution in [2.24, 2.45) is 5.73 Å². The summed E-state index contributed by atoms with van der Waals surface area (Å²) in [5, 5.41) is 9.69. The number of aryl methyl sites for hydroxylation is 2. The molecular weight excluding hydrogens is 490 g/mol. The van der Waals surface area contributed by atoms with Crippen molar-refractivity contribution < 1.29 is 14.4 Å². The van der Waals surface area contributed by atoms with E-state index in [4.69, 9.17) is 5.73 Å². The molecule has 0 bridgehead atoms. The average Bonchev–Trinajstić information content (AvgIpc) is 3.21. The molecule has 2 saturated heterocycles. The molecule has 2 aromatic heterocycles. The zero-order chi connectivity index (χ0) is 26.9. The van der Waals surface area contributed by atoms with Gasteiger partial charge in [0.25, 0.3) is 5.91 Å². The minimum absolute atomic E-state index is 0.0521. The number of urea groups is 1. The maximum Gasteiger partial charge on any atom is 0.319 e. The van der Waals surface area contributed by atoms with Crippen LogP contribution in [0.4, 0.5) is 9.80 Å². The van der Waals surface area contributed by atoms with E-state index >= 15 is 0 Å². The lowest BCUT2D eigenvalue weighted by molar-refractivity contribution is -0.129. The van der Waals surface area contributed by atoms with Gasteiger partial charge in [-0.15, -0.1) is 0 Å². The molecule has 2 aliphatic rings. The Morgan fingerprint density at radius 3 is 2.54 bits per heavy atom. The van der Waals surface area contributed by atoms with E-state index in [0.29, 0.717) is 36.6 Å². The van der Waals surface area contributed by atoms with Crippen molar-refractivity contribution in [1.82, 2.24) is 25.4 Å². The summed E-state index contributed by atoms with van der Waals surface area (Å²) in [6, 6.07) is 1.92. The number of aromatic nitrogens is 1. The van der Waals surface area contributed by atoms with Crippen LogP contribution in [0.25, 0.3) is 10.2 Å². The van der Waals surface area contributed by atoms with Gasteiger partial charge in [0, 0.05) is 49.8 Å². The molecule has 2 aromatic rings. The first kappa shape index (κ1) is 27.3. The van der Waals surface area contributed by atoms with Gasteiger partial charge in [-0.1, -0.05) is 11.3 Å². The highest BCUT2D eigenvalue weighted by molar-refractivity contribution is 7.23. The molecule has 0 radical (unpaired) electrons. The van der Waals surface area contributed by atoms with Crippen LogP contribution < -0.4 is 21.7 Å². The minimum atomic E-state index is -0.881. The van der Waals surface area contributed by atoms with Crippen molar-refractivity contribution in [1.29, 1.82) is 0 Å². The van der Waals surface area contributed by atoms with Crippen molar-refractivity contribution in [2.75, 3.05) is 38.5 Å². The first-order valence-corrected chi connectivity index (χ1v) is 13.9. The Balaban J connectivity index is 1.49. The lowest BCUT2D eigenvalue weighted by Crippen LogP contribution is -2.65. The van der Waals surface area contributed by atoms with Crippen LogP contribution in [0.15, 0.2) is 6.07 Å². The predicted molar refractivity (Wildman–Crippen MR) is 147 cm³/mol. The normalized spacial score (nSPS) is 21.3. The first-order valence-electron chi connectivity index (χ1n) is 13.0. The molecule has 4 heterocycles. The largest absolute Gasteiger partial charge is 0.352 e. The van der Waals surface area contributed by atoms with Gasteiger partial charge in [0.05, 0.1) is 5.56 Å². The number of likely N-dealkylation sites (tertiary alicyclic amines) is 2. The van der Waals surface area contributed by atoms with Crippen molar-refractivity contribution in [3.63, 3.8) is 0 Å². The van der Waals surface area contributed by atoms with Gasteiger partial charge in [0.1, 0.15) is 15.4 Å². The fraction of sp³-hybridized carbons (Fsp3) is 0.615. The molecule has 0 saturated carbocycles. The Morgan fingerprint density at radius 2 is 1.89 bits per heavy atom. The van der Waals surface area contributed by atoms with E-state index in [1.54, 1.807) is 7.05 Å². The highest BCUT2D eigenvalue weighted by Crippen LogP contribution is 2.38. The number of nitrogens with two attached hydrogens (primary N) is 1. The fourth-order valence-corrected chi connectivity index (χ4v) is 6.70. The summed E-state index contributed by atoms with van der Waals surface area (Å²) >= 11 is 1.33. The van der Waals surface area contributed by atoms with Crippen LogP contribution in [0.2, 0.25) is 0 Å². The third-order valence-corrected chi connectivity index (χ3v) is 8.35. The van der Waals surface area contributed by atoms with Gasteiger partial charge >= 0.3 is 6.03 Å². The number of nitrogens with one attached hydrogen (secondary N) is 3. The Labute approximate surface area is 222 Å². The Bertz CT molecular complexity index is 1190. The maximum absolute atomic E-state index is 13.8. The molecule has 4 rings (SSSR count). The maximum atomic E-state index is 13.8. The molecule has 37 heavy (non-hydrogen) atoms. The minimum Gasteiger partial charge on any atom is -0.352 e. The van der Waals surface area contributed by atoms with Gasteiger partial charge in [-0.25, -0.2) is 9.78 Å². The number of anilines is 1. The van der Waals surface area contributed by atoms with E-state index < -0.39 is 5.54 Å². The van der Waals surface area contributed by atoms with Gasteiger partial charge < -0.3 is 21.3 Å². The molecule has 4 amide bonds. The fourth-order valence-electron chi connectivity index (χ4n) is 5.51. The molecule has 1 atom stereocenters. The monoisotopic (exact) mass is 529 g/mol. The van der Waals surface area contributed by atoms with Crippen LogP contribution in [0.5, 0.6) is 0 Å². The number of hydrogen-bond acceptors (Lipinski definition) is 7. The van der Waals surface area contributed by atoms with Crippen molar-refractivity contribution >= 4 is 44.4 Å². The smallest absolute Gasteiger partial charge is 0.319 e. The summed E-state index contributed by atoms with van der Waals surface area (Å²) < 4.78 is 0. The molecule has 1 unspecified atom stereocenters. The van der Waals surface area contributed by atoms with Gasteiger partial charge in [-0.3, -0.25) is 19.8 Å². The van der Waals surface area contributed by atoms with E-state index in [2.05, 4.69) is 25.8 Å². The average molecular weight is 530 g/mol. The van der Waals surface area contributed by atoms with Gasteiger partial charge in [-0.05, 0) is 71.6 Å². The van der Waals surface area contributed by atoms with Crippen LogP contribution in [0, 0.1) is 13.8 Å². The molecular formula is C26H39N7O3S. The van der Waals surface area contributed by atoms with E-state index in [0.717, 1.165) is 47.3 Å². The number of rotatable bonds is 5. The zero-order valence-corrected chi connectivity index (χ0v) is 23.3. The van der Waals surface area contributed by atoms with Crippen molar-refractivity contribution in [3.8, 4) is 0 Å². The van der Waals surface area contributed by atoms with Crippen LogP contribution >= 0.6 is 11.3 Å². The molecule has 0 aliphatic carbocycles. The third kappa shape index (κ3) is 5.73. The Morgan fingerprint density at radius 1 is 1.19 bits per heavy atom. The Hall–Kier alpha value is -2.76. The molecule has 11 heteroatoms. The molecule has 0 aromatic carbocycles. The van der Waals surface area contributed by atoms with E-state index in [9.17, 15) is 14.4 Å². The summed E-state index contributed by atoms with van der Waals surface area (Å²) in [6.45, 7) is 10.4. The van der Waals surface area contributed by atoms with E-state index in [1.165, 1.54) is 11.3 Å². The van der Waals surface area contributed by atoms with Crippen LogP contribution in [-0.2, 0) is 4.79 Å². The lowest BCUT2D eigenvalue weighted by Gasteiger charge is -2.45. The number of nitrogens with zero attached hydrogens (tertiary/aromatic N) is 3. The van der Waals surface area contributed by atoms with Gasteiger partial charge in [0.15, 0.2) is 0 Å². The summed E-state index contributed by atoms with van der Waals surface area (Å²) in [4.78, 5) is 48.3. The highest BCUT2D eigenvalue weighted by atomic mass is 32.1. The SMILES string of the molecule is CNC(=O)Nc1sc2nc(C)cc(C)c2c1C(=O)N1CCC(N2CCCC(N)(C(=O)NC(C)C)C2)CC1. The van der Waals surface area contributed by atoms with Crippen molar-refractivity contribution in [3.05, 3.63) is 22.9 Å². The summed E-state index contributed by atoms with van der Waals surface area (Å²) in [5.41, 5.74) is 8.04. The number of carbonyl (C=O) groups excluding carboxylic acids is 3. The third-order valence-electron chi connectivity index (χ3n) is 7.35. The number of pyridine rings is 1.